The predicted octanol–water partition coefficient (Wildman–Crippen LogP) is -11.4. The van der Waals surface area contributed by atoms with Crippen molar-refractivity contribution in [1.29, 1.82) is 31.6 Å². The molecular weight excluding hydrogens is 744 g/mol. The number of hydrogen-bond acceptors (Lipinski definition) is 6. The van der Waals surface area contributed by atoms with Crippen molar-refractivity contribution >= 4 is 0 Å². The van der Waals surface area contributed by atoms with E-state index in [4.69, 9.17) is 71.0 Å². The van der Waals surface area contributed by atoms with E-state index in [2.05, 4.69) is 0 Å². The maximum atomic E-state index is 6.25. The standard InChI is InChI=1S/6CN.4Cs.Fe/c6*1-2;;;;;/q6*-1;4*+1;+2. The zero-order chi connectivity index (χ0) is 12.0. The van der Waals surface area contributed by atoms with Gasteiger partial charge in [-0.1, -0.05) is 0 Å². The molecule has 0 radical (unpaired) electrons. The Morgan fingerprint density at radius 1 is 0.294 bits per heavy atom. The molecule has 0 aromatic rings. The zero-order valence-corrected chi connectivity index (χ0v) is 36.3. The fourth-order valence-electron chi connectivity index (χ4n) is 0. The van der Waals surface area contributed by atoms with Crippen LogP contribution in [0.3, 0.4) is 0 Å². The molecule has 0 saturated carbocycles. The Hall–Kier alpha value is 5.67. The van der Waals surface area contributed by atoms with Crippen molar-refractivity contribution in [2.45, 2.75) is 0 Å². The number of nitrogens with zero attached hydrogens (tertiary/aromatic N) is 6. The molecule has 0 amide bonds. The van der Waals surface area contributed by atoms with Crippen molar-refractivity contribution in [2.75, 3.05) is 0 Å². The molecule has 0 aliphatic rings. The second-order valence-corrected chi connectivity index (χ2v) is 0. The summed E-state index contributed by atoms with van der Waals surface area (Å²) in [5.41, 5.74) is 0. The summed E-state index contributed by atoms with van der Waals surface area (Å²) in [5.74, 6) is 0. The van der Waals surface area contributed by atoms with Gasteiger partial charge in [-0.2, -0.15) is 0 Å². The first-order valence-electron chi connectivity index (χ1n) is 1.34. The van der Waals surface area contributed by atoms with E-state index in [1.807, 2.05) is 0 Å². The molecule has 0 bridgehead atoms. The number of hydrogen-bond donors (Lipinski definition) is 0. The van der Waals surface area contributed by atoms with Crippen LogP contribution in [0.25, 0.3) is 0 Å². The third-order valence-corrected chi connectivity index (χ3v) is 0. The molecule has 17 heavy (non-hydrogen) atoms. The van der Waals surface area contributed by atoms with Gasteiger partial charge in [0.2, 0.25) is 0 Å². The molecule has 11 heteroatoms. The van der Waals surface area contributed by atoms with Crippen molar-refractivity contribution in [3.05, 3.63) is 39.4 Å². The molecule has 0 rings (SSSR count). The molecule has 0 N–H and O–H groups in total. The third-order valence-electron chi connectivity index (χ3n) is 0. The fourth-order valence-corrected chi connectivity index (χ4v) is 0. The smallest absolute Gasteiger partial charge is 0.512 e. The Morgan fingerprint density at radius 2 is 0.294 bits per heavy atom. The topological polar surface area (TPSA) is 143 Å². The Balaban J connectivity index is -0.00000000267. The van der Waals surface area contributed by atoms with Crippen LogP contribution in [0.5, 0.6) is 0 Å². The van der Waals surface area contributed by atoms with Crippen LogP contribution in [0.1, 0.15) is 0 Å². The van der Waals surface area contributed by atoms with E-state index < -0.39 is 0 Å². The summed E-state index contributed by atoms with van der Waals surface area (Å²) in [6, 6.07) is 0. The first kappa shape index (κ1) is 78.2. The average molecular weight is 744 g/mol. The molecule has 0 atom stereocenters. The van der Waals surface area contributed by atoms with E-state index in [1.54, 1.807) is 0 Å². The van der Waals surface area contributed by atoms with Crippen molar-refractivity contribution in [3.63, 3.8) is 0 Å². The maximum absolute atomic E-state index is 6.25. The molecule has 0 saturated heterocycles. The van der Waals surface area contributed by atoms with Crippen LogP contribution in [0.15, 0.2) is 0 Å². The summed E-state index contributed by atoms with van der Waals surface area (Å²) in [6.45, 7) is 28.5. The van der Waals surface area contributed by atoms with Gasteiger partial charge in [0.15, 0.2) is 0 Å². The molecule has 0 aromatic heterocycles. The first-order chi connectivity index (χ1) is 6.00. The van der Waals surface area contributed by atoms with Crippen LogP contribution < -0.4 is 276 Å². The summed E-state index contributed by atoms with van der Waals surface area (Å²) in [7, 11) is 0. The van der Waals surface area contributed by atoms with Crippen molar-refractivity contribution in [3.8, 4) is 0 Å². The molecule has 0 unspecified atom stereocenters. The second kappa shape index (κ2) is 288. The van der Waals surface area contributed by atoms with E-state index in [9.17, 15) is 0 Å². The predicted molar refractivity (Wildman–Crippen MR) is 29.8 cm³/mol. The van der Waals surface area contributed by atoms with Crippen molar-refractivity contribution in [1.82, 2.24) is 0 Å². The molecule has 66 valence electrons. The van der Waals surface area contributed by atoms with E-state index in [0.29, 0.717) is 0 Å². The molecule has 0 aliphatic heterocycles. The minimum Gasteiger partial charge on any atom is -0.512 e. The monoisotopic (exact) mass is 744 g/mol. The van der Waals surface area contributed by atoms with Gasteiger partial charge in [0.05, 0.1) is 0 Å². The largest absolute Gasteiger partial charge is 2.00 e. The first-order valence-corrected chi connectivity index (χ1v) is 1.34. The summed E-state index contributed by atoms with van der Waals surface area (Å²) in [4.78, 5) is 0. The fraction of sp³-hybridized carbons (Fsp3) is 0. The average Bonchev–Trinajstić information content (AvgIpc) is 2.33. The molecule has 0 heterocycles. The summed E-state index contributed by atoms with van der Waals surface area (Å²) >= 11 is 0. The Morgan fingerprint density at radius 3 is 0.294 bits per heavy atom. The van der Waals surface area contributed by atoms with Crippen LogP contribution in [0, 0.1) is 71.0 Å². The van der Waals surface area contributed by atoms with Crippen LogP contribution in [-0.2, 0) is 17.1 Å². The quantitative estimate of drug-likeness (QED) is 0.178. The van der Waals surface area contributed by atoms with Gasteiger partial charge in [-0.15, -0.1) is 0 Å². The molecule has 0 spiro atoms. The van der Waals surface area contributed by atoms with E-state index in [1.165, 1.54) is 0 Å². The maximum Gasteiger partial charge on any atom is 2.00 e. The minimum absolute atomic E-state index is 0. The van der Waals surface area contributed by atoms with Crippen LogP contribution in [0.2, 0.25) is 0 Å². The molecule has 0 aromatic carbocycles. The Bertz CT molecular complexity index is 106. The summed E-state index contributed by atoms with van der Waals surface area (Å²) < 4.78 is 0. The molecule has 0 fully saturated rings. The van der Waals surface area contributed by atoms with Gasteiger partial charge in [0.25, 0.3) is 0 Å². The van der Waals surface area contributed by atoms with Gasteiger partial charge >= 0.3 is 293 Å². The van der Waals surface area contributed by atoms with Gasteiger partial charge in [0, 0.05) is 0 Å². The normalized spacial score (nSPS) is 0.706. The van der Waals surface area contributed by atoms with Gasteiger partial charge < -0.3 is 71.0 Å². The third kappa shape index (κ3) is 261. The van der Waals surface area contributed by atoms with E-state index in [0.717, 1.165) is 0 Å². The van der Waals surface area contributed by atoms with Crippen LogP contribution in [-0.4, -0.2) is 0 Å². The zero-order valence-electron chi connectivity index (χ0n) is 10.0. The van der Waals surface area contributed by atoms with E-state index in [-0.39, 0.29) is 293 Å². The summed E-state index contributed by atoms with van der Waals surface area (Å²) in [6.07, 6.45) is 0. The van der Waals surface area contributed by atoms with Crippen molar-refractivity contribution < 1.29 is 293 Å². The molecule has 0 aliphatic carbocycles. The molecular formula is C6Cs4FeN6. The Labute approximate surface area is 350 Å². The van der Waals surface area contributed by atoms with Crippen LogP contribution in [0.4, 0.5) is 0 Å². The molecule has 6 nitrogen and oxygen atoms in total. The van der Waals surface area contributed by atoms with Crippen molar-refractivity contribution in [2.24, 2.45) is 0 Å². The minimum atomic E-state index is 0. The van der Waals surface area contributed by atoms with Crippen LogP contribution >= 0.6 is 0 Å². The van der Waals surface area contributed by atoms with E-state index >= 15 is 0 Å². The summed E-state index contributed by atoms with van der Waals surface area (Å²) in [5, 5.41) is 37.5. The SMILES string of the molecule is [C-]#N.[C-]#N.[C-]#N.[C-]#N.[C-]#N.[C-]#N.[Cs+].[Cs+].[Cs+].[Cs+].[Fe+2]. The second-order valence-electron chi connectivity index (χ2n) is 0. The number of rotatable bonds is 0. The van der Waals surface area contributed by atoms with Gasteiger partial charge in [-0.05, 0) is 0 Å². The Kier molecular flexibility index (Phi) is 1330. The van der Waals surface area contributed by atoms with Gasteiger partial charge in [-0.25, -0.2) is 0 Å². The van der Waals surface area contributed by atoms with Gasteiger partial charge in [-0.3, -0.25) is 0 Å². The van der Waals surface area contributed by atoms with Gasteiger partial charge in [0.1, 0.15) is 0 Å².